The lowest BCUT2D eigenvalue weighted by molar-refractivity contribution is -0.148. The SMILES string of the molecule is COc1cc(OCC(F)(F)C(F)F)c(F)cc1CNC(=O)C1CCCN1. The molecule has 0 spiro atoms. The summed E-state index contributed by atoms with van der Waals surface area (Å²) in [6.07, 6.45) is -2.35. The van der Waals surface area contributed by atoms with Crippen LogP contribution in [0.3, 0.4) is 0 Å². The first-order chi connectivity index (χ1) is 12.2. The third-order valence-corrected chi connectivity index (χ3v) is 3.90. The van der Waals surface area contributed by atoms with Crippen molar-refractivity contribution < 1.29 is 36.2 Å². The molecule has 0 radical (unpaired) electrons. The summed E-state index contributed by atoms with van der Waals surface area (Å²) in [4.78, 5) is 12.0. The Hall–Kier alpha value is -2.10. The average Bonchev–Trinajstić information content (AvgIpc) is 3.13. The zero-order valence-electron chi connectivity index (χ0n) is 14.0. The molecule has 0 bridgehead atoms. The molecule has 1 aliphatic rings. The van der Waals surface area contributed by atoms with Crippen LogP contribution < -0.4 is 20.1 Å². The zero-order chi connectivity index (χ0) is 19.3. The number of hydrogen-bond acceptors (Lipinski definition) is 4. The van der Waals surface area contributed by atoms with Crippen molar-refractivity contribution in [1.29, 1.82) is 0 Å². The molecule has 1 heterocycles. The quantitative estimate of drug-likeness (QED) is 0.679. The molecular formula is C16H19F5N2O3. The predicted molar refractivity (Wildman–Crippen MR) is 82.3 cm³/mol. The Kier molecular flexibility index (Phi) is 6.63. The molecule has 146 valence electrons. The fraction of sp³-hybridized carbons (Fsp3) is 0.562. The number of ether oxygens (including phenoxy) is 2. The van der Waals surface area contributed by atoms with Gasteiger partial charge in [-0.3, -0.25) is 4.79 Å². The summed E-state index contributed by atoms with van der Waals surface area (Å²) in [5, 5.41) is 5.64. The number of methoxy groups -OCH3 is 1. The van der Waals surface area contributed by atoms with Crippen LogP contribution in [0.15, 0.2) is 12.1 Å². The minimum Gasteiger partial charge on any atom is -0.496 e. The van der Waals surface area contributed by atoms with E-state index in [1.165, 1.54) is 7.11 Å². The van der Waals surface area contributed by atoms with E-state index in [1.807, 2.05) is 0 Å². The van der Waals surface area contributed by atoms with Gasteiger partial charge in [0, 0.05) is 18.2 Å². The first-order valence-electron chi connectivity index (χ1n) is 7.91. The van der Waals surface area contributed by atoms with Gasteiger partial charge in [0.05, 0.1) is 13.2 Å². The van der Waals surface area contributed by atoms with Gasteiger partial charge in [-0.05, 0) is 25.5 Å². The minimum atomic E-state index is -4.40. The normalized spacial score (nSPS) is 17.4. The monoisotopic (exact) mass is 382 g/mol. The van der Waals surface area contributed by atoms with E-state index in [9.17, 15) is 26.7 Å². The molecule has 1 fully saturated rings. The van der Waals surface area contributed by atoms with Gasteiger partial charge in [0.25, 0.3) is 0 Å². The van der Waals surface area contributed by atoms with Gasteiger partial charge < -0.3 is 20.1 Å². The van der Waals surface area contributed by atoms with E-state index in [0.29, 0.717) is 6.42 Å². The van der Waals surface area contributed by atoms with Crippen LogP contribution in [0.2, 0.25) is 0 Å². The van der Waals surface area contributed by atoms with Crippen LogP contribution in [-0.2, 0) is 11.3 Å². The summed E-state index contributed by atoms with van der Waals surface area (Å²) in [6, 6.07) is 1.61. The first-order valence-corrected chi connectivity index (χ1v) is 7.91. The Morgan fingerprint density at radius 1 is 1.38 bits per heavy atom. The number of halogens is 5. The van der Waals surface area contributed by atoms with Crippen molar-refractivity contribution in [3.05, 3.63) is 23.5 Å². The molecule has 2 rings (SSSR count). The van der Waals surface area contributed by atoms with Gasteiger partial charge in [0.1, 0.15) is 5.75 Å². The van der Waals surface area contributed by atoms with Crippen LogP contribution in [-0.4, -0.2) is 44.6 Å². The molecule has 0 aromatic heterocycles. The highest BCUT2D eigenvalue weighted by atomic mass is 19.3. The number of carbonyl (C=O) groups is 1. The fourth-order valence-corrected chi connectivity index (χ4v) is 2.47. The fourth-order valence-electron chi connectivity index (χ4n) is 2.47. The van der Waals surface area contributed by atoms with Crippen LogP contribution in [0.25, 0.3) is 0 Å². The van der Waals surface area contributed by atoms with Crippen LogP contribution in [0.4, 0.5) is 22.0 Å². The summed E-state index contributed by atoms with van der Waals surface area (Å²) in [6.45, 7) is -0.982. The summed E-state index contributed by atoms with van der Waals surface area (Å²) in [7, 11) is 1.26. The molecular weight excluding hydrogens is 363 g/mol. The highest BCUT2D eigenvalue weighted by molar-refractivity contribution is 5.82. The van der Waals surface area contributed by atoms with Gasteiger partial charge in [-0.15, -0.1) is 0 Å². The first kappa shape index (κ1) is 20.2. The highest BCUT2D eigenvalue weighted by Crippen LogP contribution is 2.30. The van der Waals surface area contributed by atoms with Crippen molar-refractivity contribution >= 4 is 5.91 Å². The lowest BCUT2D eigenvalue weighted by Gasteiger charge is -2.18. The maximum Gasteiger partial charge on any atom is 0.340 e. The van der Waals surface area contributed by atoms with Crippen molar-refractivity contribution in [2.45, 2.75) is 37.8 Å². The Morgan fingerprint density at radius 2 is 2.12 bits per heavy atom. The van der Waals surface area contributed by atoms with E-state index in [4.69, 9.17) is 4.74 Å². The molecule has 1 amide bonds. The summed E-state index contributed by atoms with van der Waals surface area (Å²) < 4.78 is 73.6. The lowest BCUT2D eigenvalue weighted by atomic mass is 10.1. The summed E-state index contributed by atoms with van der Waals surface area (Å²) in [5.41, 5.74) is 0.254. The number of hydrogen-bond donors (Lipinski definition) is 2. The molecule has 26 heavy (non-hydrogen) atoms. The second kappa shape index (κ2) is 8.52. The molecule has 1 unspecified atom stereocenters. The van der Waals surface area contributed by atoms with Crippen LogP contribution in [0.5, 0.6) is 11.5 Å². The predicted octanol–water partition coefficient (Wildman–Crippen LogP) is 2.48. The van der Waals surface area contributed by atoms with E-state index < -0.39 is 30.5 Å². The standard InChI is InChI=1S/C16H19F5N2O3/c1-25-12-6-13(26-8-16(20,21)15(18)19)10(17)5-9(12)7-23-14(24)11-3-2-4-22-11/h5-6,11,15,22H,2-4,7-8H2,1H3,(H,23,24). The number of alkyl halides is 4. The second-order valence-corrected chi connectivity index (χ2v) is 5.81. The molecule has 1 aliphatic heterocycles. The molecule has 0 saturated carbocycles. The van der Waals surface area contributed by atoms with E-state index in [-0.39, 0.29) is 29.8 Å². The number of nitrogens with one attached hydrogen (secondary N) is 2. The molecule has 0 aliphatic carbocycles. The zero-order valence-corrected chi connectivity index (χ0v) is 14.0. The number of benzene rings is 1. The number of carbonyl (C=O) groups excluding carboxylic acids is 1. The largest absolute Gasteiger partial charge is 0.496 e. The van der Waals surface area contributed by atoms with Crippen molar-refractivity contribution in [2.24, 2.45) is 0 Å². The van der Waals surface area contributed by atoms with Gasteiger partial charge in [0.15, 0.2) is 18.2 Å². The maximum absolute atomic E-state index is 14.0. The van der Waals surface area contributed by atoms with Crippen LogP contribution in [0.1, 0.15) is 18.4 Å². The van der Waals surface area contributed by atoms with Gasteiger partial charge in [-0.25, -0.2) is 13.2 Å². The maximum atomic E-state index is 14.0. The Bertz CT molecular complexity index is 637. The van der Waals surface area contributed by atoms with Crippen molar-refractivity contribution in [3.63, 3.8) is 0 Å². The Morgan fingerprint density at radius 3 is 2.69 bits per heavy atom. The Labute approximate surface area is 146 Å². The molecule has 1 aromatic rings. The molecule has 2 N–H and O–H groups in total. The van der Waals surface area contributed by atoms with Crippen molar-refractivity contribution in [2.75, 3.05) is 20.3 Å². The van der Waals surface area contributed by atoms with E-state index in [2.05, 4.69) is 15.4 Å². The van der Waals surface area contributed by atoms with E-state index >= 15 is 0 Å². The molecule has 1 atom stereocenters. The third-order valence-electron chi connectivity index (χ3n) is 3.90. The summed E-state index contributed by atoms with van der Waals surface area (Å²) >= 11 is 0. The Balaban J connectivity index is 2.04. The second-order valence-electron chi connectivity index (χ2n) is 5.81. The van der Waals surface area contributed by atoms with Crippen molar-refractivity contribution in [3.8, 4) is 11.5 Å². The van der Waals surface area contributed by atoms with Crippen LogP contribution >= 0.6 is 0 Å². The van der Waals surface area contributed by atoms with Gasteiger partial charge in [0.2, 0.25) is 5.91 Å². The molecule has 1 aromatic carbocycles. The minimum absolute atomic E-state index is 0.0510. The van der Waals surface area contributed by atoms with Gasteiger partial charge in [-0.2, -0.15) is 8.78 Å². The highest BCUT2D eigenvalue weighted by Gasteiger charge is 2.42. The third kappa shape index (κ3) is 4.96. The molecule has 5 nitrogen and oxygen atoms in total. The average molecular weight is 382 g/mol. The number of rotatable bonds is 8. The van der Waals surface area contributed by atoms with E-state index in [0.717, 1.165) is 25.1 Å². The van der Waals surface area contributed by atoms with E-state index in [1.54, 1.807) is 0 Å². The molecule has 10 heteroatoms. The van der Waals surface area contributed by atoms with Gasteiger partial charge in [-0.1, -0.05) is 0 Å². The lowest BCUT2D eigenvalue weighted by Crippen LogP contribution is -2.40. The van der Waals surface area contributed by atoms with Crippen molar-refractivity contribution in [1.82, 2.24) is 10.6 Å². The smallest absolute Gasteiger partial charge is 0.340 e. The topological polar surface area (TPSA) is 59.6 Å². The van der Waals surface area contributed by atoms with Crippen LogP contribution in [0, 0.1) is 5.82 Å². The van der Waals surface area contributed by atoms with Gasteiger partial charge >= 0.3 is 12.3 Å². The molecule has 1 saturated heterocycles. The number of amides is 1. The summed E-state index contributed by atoms with van der Waals surface area (Å²) in [5.74, 6) is -6.25.